The minimum absolute atomic E-state index is 0.340. The second kappa shape index (κ2) is 4.72. The zero-order valence-electron chi connectivity index (χ0n) is 11.5. The fourth-order valence-corrected chi connectivity index (χ4v) is 3.14. The molecule has 2 heterocycles. The van der Waals surface area contributed by atoms with Gasteiger partial charge in [0.15, 0.2) is 5.65 Å². The molecular formula is C14H20N4O. The number of aromatic nitrogens is 3. The van der Waals surface area contributed by atoms with Crippen LogP contribution < -0.4 is 10.5 Å². The van der Waals surface area contributed by atoms with E-state index in [2.05, 4.69) is 21.5 Å². The number of hydrogen-bond acceptors (Lipinski definition) is 4. The van der Waals surface area contributed by atoms with Gasteiger partial charge in [-0.05, 0) is 31.7 Å². The summed E-state index contributed by atoms with van der Waals surface area (Å²) >= 11 is 0. The molecule has 1 atom stereocenters. The Kier molecular flexibility index (Phi) is 3.05. The lowest BCUT2D eigenvalue weighted by Crippen LogP contribution is -2.16. The summed E-state index contributed by atoms with van der Waals surface area (Å²) in [6.45, 7) is 2.22. The Morgan fingerprint density at radius 2 is 2.05 bits per heavy atom. The van der Waals surface area contributed by atoms with E-state index in [9.17, 15) is 0 Å². The number of nitrogens with zero attached hydrogens (tertiary/aromatic N) is 3. The van der Waals surface area contributed by atoms with E-state index < -0.39 is 0 Å². The van der Waals surface area contributed by atoms with Crippen LogP contribution in [0.15, 0.2) is 12.1 Å². The van der Waals surface area contributed by atoms with Gasteiger partial charge < -0.3 is 10.5 Å². The van der Waals surface area contributed by atoms with Crippen molar-refractivity contribution in [2.45, 2.75) is 38.6 Å². The summed E-state index contributed by atoms with van der Waals surface area (Å²) in [6.07, 6.45) is 5.17. The van der Waals surface area contributed by atoms with Gasteiger partial charge >= 0.3 is 0 Å². The summed E-state index contributed by atoms with van der Waals surface area (Å²) in [5.74, 6) is 1.83. The van der Waals surface area contributed by atoms with Crippen molar-refractivity contribution in [1.82, 2.24) is 14.5 Å². The minimum Gasteiger partial charge on any atom is -0.481 e. The van der Waals surface area contributed by atoms with Crippen molar-refractivity contribution in [2.24, 2.45) is 5.92 Å². The standard InChI is InChI=1S/C14H20N4O/c1-9(10-5-3-4-6-10)18-13-11(16-14(18)15)7-8-12(17-13)19-2/h7-10H,3-6H2,1-2H3,(H2,15,16). The molecule has 0 aliphatic heterocycles. The van der Waals surface area contributed by atoms with E-state index >= 15 is 0 Å². The summed E-state index contributed by atoms with van der Waals surface area (Å²) in [6, 6.07) is 4.07. The van der Waals surface area contributed by atoms with Crippen molar-refractivity contribution in [2.75, 3.05) is 12.8 Å². The second-order valence-electron chi connectivity index (χ2n) is 5.32. The normalized spacial score (nSPS) is 18.0. The van der Waals surface area contributed by atoms with Crippen LogP contribution in [-0.4, -0.2) is 21.6 Å². The number of rotatable bonds is 3. The smallest absolute Gasteiger partial charge is 0.215 e. The average molecular weight is 260 g/mol. The Balaban J connectivity index is 2.07. The highest BCUT2D eigenvalue weighted by Gasteiger charge is 2.26. The zero-order valence-corrected chi connectivity index (χ0v) is 11.5. The van der Waals surface area contributed by atoms with Crippen LogP contribution in [0.3, 0.4) is 0 Å². The Morgan fingerprint density at radius 1 is 1.32 bits per heavy atom. The number of fused-ring (bicyclic) bond motifs is 1. The van der Waals surface area contributed by atoms with Gasteiger partial charge in [0.05, 0.1) is 7.11 Å². The van der Waals surface area contributed by atoms with Gasteiger partial charge in [-0.1, -0.05) is 12.8 Å². The number of methoxy groups -OCH3 is 1. The van der Waals surface area contributed by atoms with Crippen LogP contribution in [0.2, 0.25) is 0 Å². The first-order valence-electron chi connectivity index (χ1n) is 6.89. The number of imidazole rings is 1. The topological polar surface area (TPSA) is 66.0 Å². The zero-order chi connectivity index (χ0) is 13.4. The van der Waals surface area contributed by atoms with E-state index in [-0.39, 0.29) is 0 Å². The third-order valence-corrected chi connectivity index (χ3v) is 4.24. The van der Waals surface area contributed by atoms with Crippen LogP contribution in [0, 0.1) is 5.92 Å². The van der Waals surface area contributed by atoms with Gasteiger partial charge in [-0.3, -0.25) is 4.57 Å². The molecule has 2 aromatic heterocycles. The van der Waals surface area contributed by atoms with E-state index in [0.29, 0.717) is 23.8 Å². The lowest BCUT2D eigenvalue weighted by atomic mass is 10.00. The summed E-state index contributed by atoms with van der Waals surface area (Å²) < 4.78 is 7.26. The molecule has 1 fully saturated rings. The molecule has 1 saturated carbocycles. The van der Waals surface area contributed by atoms with E-state index in [1.165, 1.54) is 25.7 Å². The van der Waals surface area contributed by atoms with Crippen molar-refractivity contribution in [3.63, 3.8) is 0 Å². The Bertz CT molecular complexity index is 586. The molecular weight excluding hydrogens is 240 g/mol. The van der Waals surface area contributed by atoms with Crippen molar-refractivity contribution < 1.29 is 4.74 Å². The Hall–Kier alpha value is -1.78. The maximum absolute atomic E-state index is 6.08. The van der Waals surface area contributed by atoms with Gasteiger partial charge in [-0.15, -0.1) is 0 Å². The van der Waals surface area contributed by atoms with Gasteiger partial charge in [0.1, 0.15) is 5.52 Å². The largest absolute Gasteiger partial charge is 0.481 e. The second-order valence-corrected chi connectivity index (χ2v) is 5.32. The molecule has 19 heavy (non-hydrogen) atoms. The van der Waals surface area contributed by atoms with Crippen LogP contribution >= 0.6 is 0 Å². The minimum atomic E-state index is 0.340. The molecule has 0 spiro atoms. The van der Waals surface area contributed by atoms with E-state index in [0.717, 1.165) is 11.2 Å². The highest BCUT2D eigenvalue weighted by Crippen LogP contribution is 2.36. The van der Waals surface area contributed by atoms with Gasteiger partial charge in [-0.2, -0.15) is 4.98 Å². The molecule has 3 rings (SSSR count). The molecule has 0 aromatic carbocycles. The number of ether oxygens (including phenoxy) is 1. The third-order valence-electron chi connectivity index (χ3n) is 4.24. The van der Waals surface area contributed by atoms with Crippen LogP contribution in [-0.2, 0) is 0 Å². The fraction of sp³-hybridized carbons (Fsp3) is 0.571. The third kappa shape index (κ3) is 2.03. The van der Waals surface area contributed by atoms with Gasteiger partial charge in [0.25, 0.3) is 0 Å². The van der Waals surface area contributed by atoms with Gasteiger partial charge in [0, 0.05) is 12.1 Å². The summed E-state index contributed by atoms with van der Waals surface area (Å²) in [7, 11) is 1.62. The highest BCUT2D eigenvalue weighted by molar-refractivity contribution is 5.75. The number of hydrogen-bond donors (Lipinski definition) is 1. The monoisotopic (exact) mass is 260 g/mol. The number of nitrogens with two attached hydrogens (primary N) is 1. The molecule has 0 saturated heterocycles. The highest BCUT2D eigenvalue weighted by atomic mass is 16.5. The maximum atomic E-state index is 6.08. The average Bonchev–Trinajstić information content (AvgIpc) is 3.03. The van der Waals surface area contributed by atoms with Crippen LogP contribution in [0.4, 0.5) is 5.95 Å². The van der Waals surface area contributed by atoms with E-state index in [4.69, 9.17) is 10.5 Å². The quantitative estimate of drug-likeness (QED) is 0.921. The molecule has 1 unspecified atom stereocenters. The van der Waals surface area contributed by atoms with Crippen LogP contribution in [0.1, 0.15) is 38.6 Å². The Morgan fingerprint density at radius 3 is 2.74 bits per heavy atom. The summed E-state index contributed by atoms with van der Waals surface area (Å²) in [4.78, 5) is 8.91. The van der Waals surface area contributed by atoms with E-state index in [1.807, 2.05) is 12.1 Å². The lowest BCUT2D eigenvalue weighted by Gasteiger charge is -2.21. The van der Waals surface area contributed by atoms with Gasteiger partial charge in [0.2, 0.25) is 11.8 Å². The predicted molar refractivity (Wildman–Crippen MR) is 75.2 cm³/mol. The van der Waals surface area contributed by atoms with Crippen molar-refractivity contribution in [3.05, 3.63) is 12.1 Å². The molecule has 102 valence electrons. The molecule has 2 aromatic rings. The van der Waals surface area contributed by atoms with Crippen LogP contribution in [0.25, 0.3) is 11.2 Å². The van der Waals surface area contributed by atoms with Crippen molar-refractivity contribution in [3.8, 4) is 5.88 Å². The predicted octanol–water partition coefficient (Wildman–Crippen LogP) is 2.77. The molecule has 5 heteroatoms. The molecule has 1 aliphatic rings. The fourth-order valence-electron chi connectivity index (χ4n) is 3.14. The molecule has 0 bridgehead atoms. The number of anilines is 1. The summed E-state index contributed by atoms with van der Waals surface area (Å²) in [5.41, 5.74) is 7.75. The summed E-state index contributed by atoms with van der Waals surface area (Å²) in [5, 5.41) is 0. The molecule has 1 aliphatic carbocycles. The SMILES string of the molecule is COc1ccc2nc(N)n(C(C)C3CCCC3)c2n1. The number of nitrogen functional groups attached to an aromatic ring is 1. The first-order valence-corrected chi connectivity index (χ1v) is 6.89. The first-order chi connectivity index (χ1) is 9.20. The maximum Gasteiger partial charge on any atom is 0.215 e. The molecule has 5 nitrogen and oxygen atoms in total. The van der Waals surface area contributed by atoms with E-state index in [1.54, 1.807) is 7.11 Å². The van der Waals surface area contributed by atoms with Crippen LogP contribution in [0.5, 0.6) is 5.88 Å². The van der Waals surface area contributed by atoms with Crippen molar-refractivity contribution >= 4 is 17.1 Å². The van der Waals surface area contributed by atoms with Crippen molar-refractivity contribution in [1.29, 1.82) is 0 Å². The number of pyridine rings is 1. The molecule has 0 amide bonds. The molecule has 2 N–H and O–H groups in total. The molecule has 0 radical (unpaired) electrons. The van der Waals surface area contributed by atoms with Gasteiger partial charge in [-0.25, -0.2) is 4.98 Å². The Labute approximate surface area is 112 Å². The lowest BCUT2D eigenvalue weighted by molar-refractivity contribution is 0.367. The first kappa shape index (κ1) is 12.3.